The third-order valence-corrected chi connectivity index (χ3v) is 11.2. The Labute approximate surface area is 204 Å². The molecule has 0 fully saturated rings. The van der Waals surface area contributed by atoms with Gasteiger partial charge in [0.25, 0.3) is 0 Å². The van der Waals surface area contributed by atoms with Crippen molar-refractivity contribution in [2.75, 3.05) is 0 Å². The second-order valence-electron chi connectivity index (χ2n) is 9.63. The van der Waals surface area contributed by atoms with E-state index in [4.69, 9.17) is 0 Å². The Balaban J connectivity index is 1.99. The van der Waals surface area contributed by atoms with Gasteiger partial charge in [-0.15, -0.1) is 0 Å². The van der Waals surface area contributed by atoms with Gasteiger partial charge < -0.3 is 0 Å². The molecule has 0 atom stereocenters. The molecule has 1 aliphatic rings. The maximum absolute atomic E-state index is 2.35. The molecule has 0 radical (unpaired) electrons. The maximum Gasteiger partial charge on any atom is 0.0431 e. The summed E-state index contributed by atoms with van der Waals surface area (Å²) >= 11 is 0. The van der Waals surface area contributed by atoms with E-state index in [0.717, 1.165) is 0 Å². The van der Waals surface area contributed by atoms with E-state index in [1.165, 1.54) is 106 Å². The molecule has 1 aliphatic heterocycles. The van der Waals surface area contributed by atoms with Gasteiger partial charge in [-0.05, 0) is 115 Å². The molecule has 0 saturated carbocycles. The van der Waals surface area contributed by atoms with Crippen molar-refractivity contribution in [3.05, 3.63) is 97.6 Å². The summed E-state index contributed by atoms with van der Waals surface area (Å²) in [5, 5.41) is 6.05. The molecule has 0 amide bonds. The zero-order chi connectivity index (χ0) is 24.0. The lowest BCUT2D eigenvalue weighted by Gasteiger charge is -2.14. The summed E-state index contributed by atoms with van der Waals surface area (Å²) in [5.41, 5.74) is 15.4. The molecule has 3 heteroatoms. The molecule has 0 aromatic heterocycles. The van der Waals surface area contributed by atoms with Gasteiger partial charge in [0.2, 0.25) is 0 Å². The molecule has 168 valence electrons. The van der Waals surface area contributed by atoms with Crippen molar-refractivity contribution in [1.82, 2.24) is 0 Å². The van der Waals surface area contributed by atoms with Crippen LogP contribution in [0.1, 0.15) is 61.2 Å². The molecule has 0 saturated heterocycles. The smallest absolute Gasteiger partial charge is 0.0431 e. The normalized spacial score (nSPS) is 15.6. The Morgan fingerprint density at radius 2 is 0.879 bits per heavy atom. The largest absolute Gasteiger partial charge is 0.0557 e. The lowest BCUT2D eigenvalue weighted by molar-refractivity contribution is 1.31. The highest BCUT2D eigenvalue weighted by atomic mass is 31.1. The quantitative estimate of drug-likeness (QED) is 0.326. The van der Waals surface area contributed by atoms with Gasteiger partial charge in [-0.25, -0.2) is 0 Å². The number of aryl methyl sites for hydroxylation is 9. The Hall–Kier alpha value is -1.83. The van der Waals surface area contributed by atoms with Crippen LogP contribution in [0, 0.1) is 62.3 Å². The summed E-state index contributed by atoms with van der Waals surface area (Å²) in [4.78, 5) is 0. The van der Waals surface area contributed by atoms with Crippen molar-refractivity contribution in [3.8, 4) is 0 Å². The fourth-order valence-electron chi connectivity index (χ4n) is 5.23. The van der Waals surface area contributed by atoms with Crippen LogP contribution in [-0.2, 0) is 0 Å². The van der Waals surface area contributed by atoms with E-state index in [0.29, 0.717) is 0 Å². The average Bonchev–Trinajstić information content (AvgIpc) is 3.06. The average molecular weight is 487 g/mol. The Kier molecular flexibility index (Phi) is 6.95. The third-order valence-electron chi connectivity index (χ3n) is 6.31. The zero-order valence-corrected chi connectivity index (χ0v) is 24.0. The first kappa shape index (κ1) is 24.3. The Bertz CT molecular complexity index is 1310. The predicted octanol–water partition coefficient (Wildman–Crippen LogP) is 8.47. The highest BCUT2D eigenvalue weighted by Crippen LogP contribution is 2.39. The zero-order valence-electron chi connectivity index (χ0n) is 21.3. The van der Waals surface area contributed by atoms with Crippen molar-refractivity contribution in [3.63, 3.8) is 0 Å². The number of hydrogen-bond donors (Lipinski definition) is 0. The standard InChI is InChI=1S/C30H33P3/c1-16-10-19(4)25(20(5)11-16)28-30(31-27-23(8)14-18(3)15-24(27)9)33-29(32-28)26-21(6)12-17(2)13-22(26)7/h10-15H,1-9H3. The monoisotopic (exact) mass is 486 g/mol. The topological polar surface area (TPSA) is 0 Å². The highest BCUT2D eigenvalue weighted by Gasteiger charge is 2.23. The summed E-state index contributed by atoms with van der Waals surface area (Å²) < 4.78 is 0. The third kappa shape index (κ3) is 4.86. The van der Waals surface area contributed by atoms with Gasteiger partial charge in [0.05, 0.1) is 0 Å². The summed E-state index contributed by atoms with van der Waals surface area (Å²) in [6, 6.07) is 14.0. The molecule has 0 bridgehead atoms. The van der Waals surface area contributed by atoms with Gasteiger partial charge in [0.1, 0.15) is 0 Å². The van der Waals surface area contributed by atoms with Crippen LogP contribution in [-0.4, -0.2) is 15.4 Å². The minimum Gasteiger partial charge on any atom is -0.0557 e. The van der Waals surface area contributed by atoms with Crippen molar-refractivity contribution in [1.29, 1.82) is 0 Å². The second kappa shape index (κ2) is 9.43. The SMILES string of the molecule is Cc1cc(C)c(P=C2P=C(c3c(C)cc(C)cc3C)P=C2c2c(C)cc(C)cc2C)c(C)c1. The lowest BCUT2D eigenvalue weighted by Crippen LogP contribution is -2.12. The van der Waals surface area contributed by atoms with Gasteiger partial charge in [-0.3, -0.25) is 0 Å². The maximum atomic E-state index is 2.35. The highest BCUT2D eigenvalue weighted by molar-refractivity contribution is 7.97. The van der Waals surface area contributed by atoms with E-state index in [9.17, 15) is 0 Å². The number of benzene rings is 3. The Morgan fingerprint density at radius 3 is 1.33 bits per heavy atom. The van der Waals surface area contributed by atoms with E-state index in [2.05, 4.69) is 98.7 Å². The molecule has 3 aromatic rings. The molecule has 3 aromatic carbocycles. The van der Waals surface area contributed by atoms with E-state index in [1.807, 2.05) is 0 Å². The van der Waals surface area contributed by atoms with E-state index < -0.39 is 0 Å². The molecular formula is C30H33P3. The molecule has 0 spiro atoms. The van der Waals surface area contributed by atoms with Gasteiger partial charge in [0, 0.05) is 20.7 Å². The van der Waals surface area contributed by atoms with Crippen molar-refractivity contribution in [2.24, 2.45) is 0 Å². The molecule has 0 aliphatic carbocycles. The first-order valence-electron chi connectivity index (χ1n) is 11.6. The molecule has 0 unspecified atom stereocenters. The molecule has 4 rings (SSSR count). The minimum atomic E-state index is 1.35. The van der Waals surface area contributed by atoms with Gasteiger partial charge >= 0.3 is 0 Å². The van der Waals surface area contributed by atoms with Crippen LogP contribution >= 0.6 is 24.6 Å². The van der Waals surface area contributed by atoms with Crippen LogP contribution in [0.15, 0.2) is 36.4 Å². The van der Waals surface area contributed by atoms with E-state index in [1.54, 1.807) is 0 Å². The van der Waals surface area contributed by atoms with E-state index >= 15 is 0 Å². The van der Waals surface area contributed by atoms with Gasteiger partial charge in [-0.1, -0.05) is 69.5 Å². The molecule has 0 nitrogen and oxygen atoms in total. The van der Waals surface area contributed by atoms with Gasteiger partial charge in [0.15, 0.2) is 0 Å². The number of rotatable bonds is 3. The summed E-state index contributed by atoms with van der Waals surface area (Å²) in [6.07, 6.45) is 0. The summed E-state index contributed by atoms with van der Waals surface area (Å²) in [5.74, 6) is 0. The molecular weight excluding hydrogens is 453 g/mol. The van der Waals surface area contributed by atoms with Crippen LogP contribution in [0.25, 0.3) is 0 Å². The first-order chi connectivity index (χ1) is 15.5. The second-order valence-corrected chi connectivity index (χ2v) is 13.7. The fourth-order valence-corrected chi connectivity index (χ4v) is 10.7. The van der Waals surface area contributed by atoms with Crippen LogP contribution in [0.2, 0.25) is 0 Å². The van der Waals surface area contributed by atoms with Gasteiger partial charge in [-0.2, -0.15) is 0 Å². The summed E-state index contributed by atoms with van der Waals surface area (Å²) in [7, 11) is 4.09. The molecule has 1 heterocycles. The summed E-state index contributed by atoms with van der Waals surface area (Å²) in [6.45, 7) is 20.3. The lowest BCUT2D eigenvalue weighted by atomic mass is 9.98. The van der Waals surface area contributed by atoms with Crippen molar-refractivity contribution in [2.45, 2.75) is 62.3 Å². The van der Waals surface area contributed by atoms with Crippen LogP contribution in [0.4, 0.5) is 0 Å². The van der Waals surface area contributed by atoms with Crippen molar-refractivity contribution < 1.29 is 0 Å². The first-order valence-corrected chi connectivity index (χ1v) is 14.2. The van der Waals surface area contributed by atoms with Crippen LogP contribution in [0.3, 0.4) is 0 Å². The Morgan fingerprint density at radius 1 is 0.485 bits per heavy atom. The van der Waals surface area contributed by atoms with Crippen LogP contribution < -0.4 is 5.30 Å². The molecule has 33 heavy (non-hydrogen) atoms. The predicted molar refractivity (Wildman–Crippen MR) is 156 cm³/mol. The minimum absolute atomic E-state index is 1.35. The van der Waals surface area contributed by atoms with Crippen molar-refractivity contribution >= 4 is 45.3 Å². The number of hydrogen-bond acceptors (Lipinski definition) is 0. The van der Waals surface area contributed by atoms with Crippen LogP contribution in [0.5, 0.6) is 0 Å². The van der Waals surface area contributed by atoms with E-state index in [-0.39, 0.29) is 0 Å². The fraction of sp³-hybridized carbons (Fsp3) is 0.300. The molecule has 0 N–H and O–H groups in total.